The normalized spacial score (nSPS) is 13.6. The van der Waals surface area contributed by atoms with Gasteiger partial charge in [-0.3, -0.25) is 4.79 Å². The van der Waals surface area contributed by atoms with Gasteiger partial charge in [0.15, 0.2) is 0 Å². The quantitative estimate of drug-likeness (QED) is 0.812. The summed E-state index contributed by atoms with van der Waals surface area (Å²) in [6, 6.07) is 13.4. The van der Waals surface area contributed by atoms with Gasteiger partial charge in [0, 0.05) is 11.6 Å². The molecular weight excluding hydrogens is 372 g/mol. The summed E-state index contributed by atoms with van der Waals surface area (Å²) in [5, 5.41) is 0.431. The minimum Gasteiger partial charge on any atom is -0.368 e. The number of sulfonamides is 1. The van der Waals surface area contributed by atoms with Gasteiger partial charge in [-0.2, -0.15) is 4.31 Å². The smallest absolute Gasteiger partial charge is 0.244 e. The Balaban J connectivity index is 2.61. The first-order chi connectivity index (χ1) is 12.0. The van der Waals surface area contributed by atoms with Crippen molar-refractivity contribution in [3.05, 3.63) is 65.2 Å². The van der Waals surface area contributed by atoms with E-state index in [0.29, 0.717) is 10.6 Å². The van der Waals surface area contributed by atoms with E-state index in [2.05, 4.69) is 0 Å². The van der Waals surface area contributed by atoms with E-state index < -0.39 is 22.0 Å². The van der Waals surface area contributed by atoms with Crippen molar-refractivity contribution in [1.82, 2.24) is 4.31 Å². The molecule has 2 N–H and O–H groups in total. The molecule has 0 bridgehead atoms. The molecule has 0 saturated carbocycles. The monoisotopic (exact) mass is 394 g/mol. The lowest BCUT2D eigenvalue weighted by Gasteiger charge is -2.34. The highest BCUT2D eigenvalue weighted by Gasteiger charge is 2.38. The van der Waals surface area contributed by atoms with Crippen molar-refractivity contribution in [3.8, 4) is 0 Å². The largest absolute Gasteiger partial charge is 0.368 e. The van der Waals surface area contributed by atoms with Crippen molar-refractivity contribution in [2.45, 2.75) is 31.7 Å². The van der Waals surface area contributed by atoms with Gasteiger partial charge in [0.05, 0.1) is 4.90 Å². The van der Waals surface area contributed by atoms with Crippen LogP contribution in [-0.2, 0) is 14.8 Å². The first-order valence-electron chi connectivity index (χ1n) is 8.14. The van der Waals surface area contributed by atoms with Crippen LogP contribution in [0.15, 0.2) is 59.5 Å². The van der Waals surface area contributed by atoms with Gasteiger partial charge in [0.1, 0.15) is 6.04 Å². The number of primary amides is 1. The third kappa shape index (κ3) is 4.84. The summed E-state index contributed by atoms with van der Waals surface area (Å²) in [7, 11) is -3.97. The molecule has 2 aromatic rings. The molecule has 0 heterocycles. The Kier molecular flexibility index (Phi) is 6.11. The van der Waals surface area contributed by atoms with Gasteiger partial charge in [-0.1, -0.05) is 62.7 Å². The molecule has 2 aromatic carbocycles. The number of carbonyl (C=O) groups excluding carboxylic acids is 1. The predicted molar refractivity (Wildman–Crippen MR) is 103 cm³/mol. The van der Waals surface area contributed by atoms with E-state index in [0.717, 1.165) is 0 Å². The molecule has 0 fully saturated rings. The molecule has 0 spiro atoms. The SMILES string of the molecule is CC(C)(C)CN([C@@H](C(N)=O)c1ccccc1)S(=O)(=O)c1ccc(Cl)cc1. The fourth-order valence-electron chi connectivity index (χ4n) is 2.63. The number of nitrogens with zero attached hydrogens (tertiary/aromatic N) is 1. The maximum atomic E-state index is 13.3. The standard InChI is InChI=1S/C19H23ClN2O3S/c1-19(2,3)13-22(17(18(21)23)14-7-5-4-6-8-14)26(24,25)16-11-9-15(20)10-12-16/h4-12,17H,13H2,1-3H3,(H2,21,23)/t17-/m1/s1. The van der Waals surface area contributed by atoms with Crippen LogP contribution in [0.5, 0.6) is 0 Å². The van der Waals surface area contributed by atoms with E-state index in [-0.39, 0.29) is 16.9 Å². The third-order valence-corrected chi connectivity index (χ3v) is 5.80. The summed E-state index contributed by atoms with van der Waals surface area (Å²) in [6.45, 7) is 5.84. The second-order valence-electron chi connectivity index (χ2n) is 7.28. The van der Waals surface area contributed by atoms with Crippen LogP contribution in [0, 0.1) is 5.41 Å². The Morgan fingerprint density at radius 1 is 1.08 bits per heavy atom. The summed E-state index contributed by atoms with van der Waals surface area (Å²) in [5.74, 6) is -0.724. The second-order valence-corrected chi connectivity index (χ2v) is 9.61. The van der Waals surface area contributed by atoms with E-state index in [1.54, 1.807) is 30.3 Å². The Bertz CT molecular complexity index is 860. The minimum absolute atomic E-state index is 0.0633. The molecule has 0 saturated heterocycles. The number of carbonyl (C=O) groups is 1. The Hall–Kier alpha value is -1.89. The summed E-state index contributed by atoms with van der Waals surface area (Å²) >= 11 is 5.87. The van der Waals surface area contributed by atoms with Crippen LogP contribution < -0.4 is 5.73 Å². The van der Waals surface area contributed by atoms with Crippen LogP contribution >= 0.6 is 11.6 Å². The van der Waals surface area contributed by atoms with Crippen molar-refractivity contribution < 1.29 is 13.2 Å². The summed E-state index contributed by atoms with van der Waals surface area (Å²) < 4.78 is 27.8. The number of nitrogens with two attached hydrogens (primary N) is 1. The minimum atomic E-state index is -3.97. The molecule has 1 atom stereocenters. The number of benzene rings is 2. The molecule has 0 aliphatic heterocycles. The van der Waals surface area contributed by atoms with E-state index in [1.165, 1.54) is 28.6 Å². The Morgan fingerprint density at radius 3 is 2.08 bits per heavy atom. The molecule has 7 heteroatoms. The van der Waals surface area contributed by atoms with Gasteiger partial charge in [-0.15, -0.1) is 0 Å². The molecule has 2 rings (SSSR count). The van der Waals surface area contributed by atoms with Crippen molar-refractivity contribution in [1.29, 1.82) is 0 Å². The van der Waals surface area contributed by atoms with Crippen molar-refractivity contribution in [2.75, 3.05) is 6.54 Å². The number of halogens is 1. The van der Waals surface area contributed by atoms with Crippen LogP contribution in [0.4, 0.5) is 0 Å². The first kappa shape index (κ1) is 20.4. The third-order valence-electron chi connectivity index (χ3n) is 3.72. The highest BCUT2D eigenvalue weighted by atomic mass is 35.5. The zero-order valence-electron chi connectivity index (χ0n) is 15.0. The molecule has 0 radical (unpaired) electrons. The summed E-state index contributed by atoms with van der Waals surface area (Å²) in [5.41, 5.74) is 5.76. The zero-order valence-corrected chi connectivity index (χ0v) is 16.6. The maximum Gasteiger partial charge on any atom is 0.244 e. The molecule has 0 aliphatic carbocycles. The fraction of sp³-hybridized carbons (Fsp3) is 0.316. The lowest BCUT2D eigenvalue weighted by Crippen LogP contribution is -2.45. The van der Waals surface area contributed by atoms with Crippen molar-refractivity contribution >= 4 is 27.5 Å². The number of amides is 1. The fourth-order valence-corrected chi connectivity index (χ4v) is 4.57. The molecular formula is C19H23ClN2O3S. The average molecular weight is 395 g/mol. The topological polar surface area (TPSA) is 80.5 Å². The Labute approximate surface area is 159 Å². The number of hydrogen-bond acceptors (Lipinski definition) is 3. The molecule has 0 aromatic heterocycles. The lowest BCUT2D eigenvalue weighted by atomic mass is 9.95. The van der Waals surface area contributed by atoms with Gasteiger partial charge in [0.25, 0.3) is 0 Å². The van der Waals surface area contributed by atoms with Crippen LogP contribution in [-0.4, -0.2) is 25.2 Å². The number of rotatable bonds is 6. The molecule has 140 valence electrons. The van der Waals surface area contributed by atoms with E-state index in [1.807, 2.05) is 20.8 Å². The van der Waals surface area contributed by atoms with Crippen molar-refractivity contribution in [3.63, 3.8) is 0 Å². The Morgan fingerprint density at radius 2 is 1.62 bits per heavy atom. The van der Waals surface area contributed by atoms with E-state index in [9.17, 15) is 13.2 Å². The predicted octanol–water partition coefficient (Wildman–Crippen LogP) is 3.60. The zero-order chi connectivity index (χ0) is 19.5. The molecule has 5 nitrogen and oxygen atoms in total. The van der Waals surface area contributed by atoms with Crippen LogP contribution in [0.1, 0.15) is 32.4 Å². The van der Waals surface area contributed by atoms with Gasteiger partial charge in [-0.25, -0.2) is 8.42 Å². The van der Waals surface area contributed by atoms with Crippen LogP contribution in [0.2, 0.25) is 5.02 Å². The van der Waals surface area contributed by atoms with Gasteiger partial charge in [0.2, 0.25) is 15.9 Å². The van der Waals surface area contributed by atoms with Gasteiger partial charge in [-0.05, 0) is 35.2 Å². The van der Waals surface area contributed by atoms with E-state index in [4.69, 9.17) is 17.3 Å². The van der Waals surface area contributed by atoms with Gasteiger partial charge < -0.3 is 5.73 Å². The first-order valence-corrected chi connectivity index (χ1v) is 9.96. The summed E-state index contributed by atoms with van der Waals surface area (Å²) in [6.07, 6.45) is 0. The average Bonchev–Trinajstić information content (AvgIpc) is 2.54. The highest BCUT2D eigenvalue weighted by molar-refractivity contribution is 7.89. The second kappa shape index (κ2) is 7.78. The lowest BCUT2D eigenvalue weighted by molar-refractivity contribution is -0.122. The van der Waals surface area contributed by atoms with Crippen molar-refractivity contribution in [2.24, 2.45) is 11.1 Å². The molecule has 1 amide bonds. The maximum absolute atomic E-state index is 13.3. The highest BCUT2D eigenvalue weighted by Crippen LogP contribution is 2.32. The summed E-state index contributed by atoms with van der Waals surface area (Å²) in [4.78, 5) is 12.3. The van der Waals surface area contributed by atoms with Gasteiger partial charge >= 0.3 is 0 Å². The molecule has 0 unspecified atom stereocenters. The molecule has 0 aliphatic rings. The van der Waals surface area contributed by atoms with E-state index >= 15 is 0 Å². The molecule has 26 heavy (non-hydrogen) atoms. The number of hydrogen-bond donors (Lipinski definition) is 1. The van der Waals surface area contributed by atoms with Crippen LogP contribution in [0.3, 0.4) is 0 Å². The van der Waals surface area contributed by atoms with Crippen LogP contribution in [0.25, 0.3) is 0 Å².